The fraction of sp³-hybridized carbons (Fsp3) is 1.00. The molecule has 20 heavy (non-hydrogen) atoms. The minimum Gasteiger partial charge on any atom is -0.311 e. The molecule has 3 aliphatic rings. The maximum Gasteiger partial charge on any atom is 0.0224 e. The lowest BCUT2D eigenvalue weighted by atomic mass is 9.82. The second-order valence-electron chi connectivity index (χ2n) is 7.70. The van der Waals surface area contributed by atoms with Crippen molar-refractivity contribution in [2.45, 2.75) is 89.8 Å². The molecule has 2 saturated carbocycles. The average Bonchev–Trinajstić information content (AvgIpc) is 3.30. The van der Waals surface area contributed by atoms with E-state index in [1.807, 2.05) is 0 Å². The first kappa shape index (κ1) is 14.8. The molecule has 0 aromatic rings. The Morgan fingerprint density at radius 3 is 2.50 bits per heavy atom. The van der Waals surface area contributed by atoms with Crippen LogP contribution in [-0.4, -0.2) is 36.1 Å². The largest absolute Gasteiger partial charge is 0.311 e. The highest BCUT2D eigenvalue weighted by Crippen LogP contribution is 2.37. The van der Waals surface area contributed by atoms with Gasteiger partial charge in [0, 0.05) is 31.2 Å². The van der Waals surface area contributed by atoms with Gasteiger partial charge in [0.1, 0.15) is 0 Å². The molecule has 3 atom stereocenters. The number of nitrogens with zero attached hydrogens (tertiary/aromatic N) is 1. The lowest BCUT2D eigenvalue weighted by molar-refractivity contribution is 0.0579. The maximum absolute atomic E-state index is 3.87. The van der Waals surface area contributed by atoms with Crippen molar-refractivity contribution >= 4 is 0 Å². The van der Waals surface area contributed by atoms with Crippen LogP contribution in [-0.2, 0) is 0 Å². The Morgan fingerprint density at radius 1 is 1.10 bits per heavy atom. The van der Waals surface area contributed by atoms with Crippen LogP contribution in [0.2, 0.25) is 0 Å². The third-order valence-electron chi connectivity index (χ3n) is 6.11. The number of hydrogen-bond donors (Lipinski definition) is 1. The van der Waals surface area contributed by atoms with Crippen LogP contribution >= 0.6 is 0 Å². The topological polar surface area (TPSA) is 15.3 Å². The smallest absolute Gasteiger partial charge is 0.0224 e. The van der Waals surface area contributed by atoms with E-state index in [1.54, 1.807) is 0 Å². The summed E-state index contributed by atoms with van der Waals surface area (Å²) in [6.07, 6.45) is 13.2. The summed E-state index contributed by atoms with van der Waals surface area (Å²) in [7, 11) is 0. The lowest BCUT2D eigenvalue weighted by Crippen LogP contribution is -2.60. The summed E-state index contributed by atoms with van der Waals surface area (Å²) in [6.45, 7) is 7.36. The molecule has 1 N–H and O–H groups in total. The van der Waals surface area contributed by atoms with E-state index in [-0.39, 0.29) is 0 Å². The van der Waals surface area contributed by atoms with Gasteiger partial charge in [0.15, 0.2) is 0 Å². The second kappa shape index (κ2) is 6.79. The van der Waals surface area contributed by atoms with Crippen molar-refractivity contribution in [2.24, 2.45) is 11.8 Å². The molecule has 3 fully saturated rings. The highest BCUT2D eigenvalue weighted by atomic mass is 15.3. The molecule has 3 rings (SSSR count). The molecule has 0 aromatic carbocycles. The van der Waals surface area contributed by atoms with Gasteiger partial charge in [-0.05, 0) is 44.4 Å². The van der Waals surface area contributed by atoms with E-state index in [4.69, 9.17) is 0 Å². The van der Waals surface area contributed by atoms with E-state index < -0.39 is 0 Å². The molecule has 0 spiro atoms. The van der Waals surface area contributed by atoms with Crippen molar-refractivity contribution in [3.05, 3.63) is 0 Å². The zero-order valence-electron chi connectivity index (χ0n) is 13.6. The summed E-state index contributed by atoms with van der Waals surface area (Å²) in [6, 6.07) is 2.36. The van der Waals surface area contributed by atoms with Gasteiger partial charge in [-0.1, -0.05) is 39.0 Å². The van der Waals surface area contributed by atoms with E-state index in [9.17, 15) is 0 Å². The molecule has 1 saturated heterocycles. The van der Waals surface area contributed by atoms with Crippen molar-refractivity contribution in [3.8, 4) is 0 Å². The van der Waals surface area contributed by atoms with Gasteiger partial charge in [0.05, 0.1) is 0 Å². The van der Waals surface area contributed by atoms with Gasteiger partial charge >= 0.3 is 0 Å². The highest BCUT2D eigenvalue weighted by molar-refractivity contribution is 4.93. The minimum atomic E-state index is 0.735. The van der Waals surface area contributed by atoms with Crippen molar-refractivity contribution in [1.29, 1.82) is 0 Å². The molecule has 1 aliphatic heterocycles. The number of piperazine rings is 1. The molecule has 0 bridgehead atoms. The third kappa shape index (κ3) is 3.57. The Kier molecular flexibility index (Phi) is 5.04. The summed E-state index contributed by atoms with van der Waals surface area (Å²) >= 11 is 0. The van der Waals surface area contributed by atoms with Gasteiger partial charge in [-0.3, -0.25) is 4.90 Å². The quantitative estimate of drug-likeness (QED) is 0.822. The monoisotopic (exact) mass is 278 g/mol. The normalized spacial score (nSPS) is 35.1. The second-order valence-corrected chi connectivity index (χ2v) is 7.70. The molecular weight excluding hydrogens is 244 g/mol. The molecule has 116 valence electrons. The minimum absolute atomic E-state index is 0.735. The predicted molar refractivity (Wildman–Crippen MR) is 86.0 cm³/mol. The van der Waals surface area contributed by atoms with Gasteiger partial charge in [0.25, 0.3) is 0 Å². The average molecular weight is 278 g/mol. The highest BCUT2D eigenvalue weighted by Gasteiger charge is 2.35. The lowest BCUT2D eigenvalue weighted by Gasteiger charge is -2.46. The van der Waals surface area contributed by atoms with Gasteiger partial charge in [-0.15, -0.1) is 0 Å². The van der Waals surface area contributed by atoms with Crippen LogP contribution in [0.4, 0.5) is 0 Å². The summed E-state index contributed by atoms with van der Waals surface area (Å²) in [4.78, 5) is 2.87. The van der Waals surface area contributed by atoms with Crippen LogP contribution in [0.1, 0.15) is 71.6 Å². The first-order chi connectivity index (χ1) is 9.78. The summed E-state index contributed by atoms with van der Waals surface area (Å²) < 4.78 is 0. The van der Waals surface area contributed by atoms with Crippen LogP contribution in [0.25, 0.3) is 0 Å². The fourth-order valence-corrected chi connectivity index (χ4v) is 4.55. The van der Waals surface area contributed by atoms with Crippen molar-refractivity contribution in [3.63, 3.8) is 0 Å². The Morgan fingerprint density at radius 2 is 1.85 bits per heavy atom. The van der Waals surface area contributed by atoms with E-state index in [1.165, 1.54) is 70.9 Å². The standard InChI is InChI=1S/C18H34N2/c1-3-17(11-15-9-10-15)20-13-18(19-12-14(20)2)16-7-5-4-6-8-16/h14-19H,3-13H2,1-2H3. The van der Waals surface area contributed by atoms with Crippen LogP contribution in [0.5, 0.6) is 0 Å². The Hall–Kier alpha value is -0.0800. The first-order valence-electron chi connectivity index (χ1n) is 9.27. The molecule has 2 aliphatic carbocycles. The van der Waals surface area contributed by atoms with Crippen LogP contribution in [0, 0.1) is 11.8 Å². The SMILES string of the molecule is CCC(CC1CC1)N1CC(C2CCCCC2)NCC1C. The van der Waals surface area contributed by atoms with Crippen LogP contribution in [0.3, 0.4) is 0 Å². The van der Waals surface area contributed by atoms with Gasteiger partial charge < -0.3 is 5.32 Å². The van der Waals surface area contributed by atoms with Crippen molar-refractivity contribution in [1.82, 2.24) is 10.2 Å². The Bertz CT molecular complexity index is 294. The van der Waals surface area contributed by atoms with E-state index >= 15 is 0 Å². The van der Waals surface area contributed by atoms with E-state index in [2.05, 4.69) is 24.1 Å². The Labute approximate surface area is 125 Å². The third-order valence-corrected chi connectivity index (χ3v) is 6.11. The summed E-state index contributed by atoms with van der Waals surface area (Å²) in [5.74, 6) is 2.02. The molecule has 3 unspecified atom stereocenters. The van der Waals surface area contributed by atoms with Crippen LogP contribution < -0.4 is 5.32 Å². The zero-order chi connectivity index (χ0) is 13.9. The number of nitrogens with one attached hydrogen (secondary N) is 1. The molecule has 0 amide bonds. The van der Waals surface area contributed by atoms with Gasteiger partial charge in [0.2, 0.25) is 0 Å². The Balaban J connectivity index is 1.59. The van der Waals surface area contributed by atoms with Crippen molar-refractivity contribution in [2.75, 3.05) is 13.1 Å². The van der Waals surface area contributed by atoms with Gasteiger partial charge in [-0.25, -0.2) is 0 Å². The number of hydrogen-bond acceptors (Lipinski definition) is 2. The number of rotatable bonds is 5. The first-order valence-corrected chi connectivity index (χ1v) is 9.27. The zero-order valence-corrected chi connectivity index (χ0v) is 13.6. The molecule has 0 radical (unpaired) electrons. The fourth-order valence-electron chi connectivity index (χ4n) is 4.55. The maximum atomic E-state index is 3.87. The van der Waals surface area contributed by atoms with E-state index in [0.717, 1.165) is 30.0 Å². The molecule has 2 heteroatoms. The molecule has 0 aromatic heterocycles. The summed E-state index contributed by atoms with van der Waals surface area (Å²) in [5, 5.41) is 3.87. The molecular formula is C18H34N2. The molecule has 2 nitrogen and oxygen atoms in total. The van der Waals surface area contributed by atoms with Crippen molar-refractivity contribution < 1.29 is 0 Å². The van der Waals surface area contributed by atoms with Crippen LogP contribution in [0.15, 0.2) is 0 Å². The predicted octanol–water partition coefficient (Wildman–Crippen LogP) is 3.81. The molecule has 1 heterocycles. The summed E-state index contributed by atoms with van der Waals surface area (Å²) in [5.41, 5.74) is 0. The van der Waals surface area contributed by atoms with Gasteiger partial charge in [-0.2, -0.15) is 0 Å². The van der Waals surface area contributed by atoms with E-state index in [0.29, 0.717) is 0 Å².